The number of hydrogen-bond donors (Lipinski definition) is 2. The summed E-state index contributed by atoms with van der Waals surface area (Å²) in [6.45, 7) is 2.58. The van der Waals surface area contributed by atoms with Crippen LogP contribution in [0.15, 0.2) is 48.5 Å². The van der Waals surface area contributed by atoms with Gasteiger partial charge in [-0.05, 0) is 36.8 Å². The Labute approximate surface area is 139 Å². The monoisotopic (exact) mass is 332 g/mol. The molecule has 0 fully saturated rings. The maximum atomic E-state index is 12.1. The lowest BCUT2D eigenvalue weighted by Gasteiger charge is -2.10. The normalized spacial score (nSPS) is 10.0. The van der Waals surface area contributed by atoms with Gasteiger partial charge in [-0.3, -0.25) is 20.4 Å². The van der Waals surface area contributed by atoms with Crippen molar-refractivity contribution < 1.29 is 14.3 Å². The predicted molar refractivity (Wildman–Crippen MR) is 88.6 cm³/mol. The summed E-state index contributed by atoms with van der Waals surface area (Å²) < 4.78 is 5.47. The van der Waals surface area contributed by atoms with E-state index in [9.17, 15) is 9.59 Å². The van der Waals surface area contributed by atoms with Gasteiger partial charge in [0.15, 0.2) is 0 Å². The maximum absolute atomic E-state index is 12.1. The van der Waals surface area contributed by atoms with Crippen molar-refractivity contribution >= 4 is 23.4 Å². The zero-order valence-electron chi connectivity index (χ0n) is 12.6. The molecule has 2 aromatic carbocycles. The van der Waals surface area contributed by atoms with E-state index in [-0.39, 0.29) is 5.56 Å². The van der Waals surface area contributed by atoms with Crippen molar-refractivity contribution in [3.8, 4) is 5.75 Å². The molecule has 0 unspecified atom stereocenters. The Kier molecular flexibility index (Phi) is 6.00. The molecule has 5 nitrogen and oxygen atoms in total. The van der Waals surface area contributed by atoms with Crippen molar-refractivity contribution in [1.82, 2.24) is 10.9 Å². The molecule has 2 N–H and O–H groups in total. The molecule has 6 heteroatoms. The highest BCUT2D eigenvalue weighted by molar-refractivity contribution is 6.33. The third-order valence-electron chi connectivity index (χ3n) is 2.98. The van der Waals surface area contributed by atoms with Crippen LogP contribution in [-0.4, -0.2) is 18.4 Å². The number of hydrazine groups is 1. The van der Waals surface area contributed by atoms with E-state index in [1.165, 1.54) is 0 Å². The summed E-state index contributed by atoms with van der Waals surface area (Å²) in [5.74, 6) is -0.313. The van der Waals surface area contributed by atoms with Crippen LogP contribution in [0.2, 0.25) is 5.02 Å². The maximum Gasteiger partial charge on any atom is 0.271 e. The van der Waals surface area contributed by atoms with Gasteiger partial charge in [-0.1, -0.05) is 36.7 Å². The summed E-state index contributed by atoms with van der Waals surface area (Å²) in [5, 5.41) is 0.314. The summed E-state index contributed by atoms with van der Waals surface area (Å²) in [5.41, 5.74) is 5.37. The van der Waals surface area contributed by atoms with Gasteiger partial charge in [0.25, 0.3) is 11.8 Å². The second kappa shape index (κ2) is 8.19. The van der Waals surface area contributed by atoms with Crippen LogP contribution >= 0.6 is 11.6 Å². The number of carbonyl (C=O) groups excluding carboxylic acids is 2. The zero-order chi connectivity index (χ0) is 16.7. The van der Waals surface area contributed by atoms with Gasteiger partial charge < -0.3 is 4.74 Å². The van der Waals surface area contributed by atoms with E-state index >= 15 is 0 Å². The van der Waals surface area contributed by atoms with Crippen LogP contribution in [0.4, 0.5) is 0 Å². The SMILES string of the molecule is CCCOc1cccc(C(=O)NNC(=O)c2ccccc2Cl)c1. The highest BCUT2D eigenvalue weighted by Gasteiger charge is 2.12. The largest absolute Gasteiger partial charge is 0.494 e. The quantitative estimate of drug-likeness (QED) is 0.826. The third-order valence-corrected chi connectivity index (χ3v) is 3.31. The van der Waals surface area contributed by atoms with Crippen LogP contribution in [0.5, 0.6) is 5.75 Å². The molecule has 0 bridgehead atoms. The fourth-order valence-electron chi connectivity index (χ4n) is 1.85. The smallest absolute Gasteiger partial charge is 0.271 e. The van der Waals surface area contributed by atoms with E-state index in [0.717, 1.165) is 6.42 Å². The molecule has 0 aliphatic rings. The molecule has 23 heavy (non-hydrogen) atoms. The summed E-state index contributed by atoms with van der Waals surface area (Å²) in [6.07, 6.45) is 0.879. The summed E-state index contributed by atoms with van der Waals surface area (Å²) in [4.78, 5) is 24.1. The fraction of sp³-hybridized carbons (Fsp3) is 0.176. The molecule has 0 aliphatic carbocycles. The average Bonchev–Trinajstić information content (AvgIpc) is 2.58. The van der Waals surface area contributed by atoms with E-state index in [2.05, 4.69) is 10.9 Å². The number of hydrogen-bond acceptors (Lipinski definition) is 3. The van der Waals surface area contributed by atoms with Crippen molar-refractivity contribution in [2.24, 2.45) is 0 Å². The Morgan fingerprint density at radius 1 is 1.04 bits per heavy atom. The van der Waals surface area contributed by atoms with Gasteiger partial charge in [0.05, 0.1) is 17.2 Å². The first kappa shape index (κ1) is 16.8. The van der Waals surface area contributed by atoms with E-state index in [1.807, 2.05) is 6.92 Å². The number of halogens is 1. The predicted octanol–water partition coefficient (Wildman–Crippen LogP) is 3.20. The van der Waals surface area contributed by atoms with Crippen LogP contribution in [0.1, 0.15) is 34.1 Å². The Hall–Kier alpha value is -2.53. The van der Waals surface area contributed by atoms with Crippen LogP contribution in [0.3, 0.4) is 0 Å². The minimum atomic E-state index is -0.484. The summed E-state index contributed by atoms with van der Waals surface area (Å²) >= 11 is 5.93. The van der Waals surface area contributed by atoms with E-state index in [0.29, 0.717) is 22.9 Å². The molecule has 0 saturated heterocycles. The number of carbonyl (C=O) groups is 2. The van der Waals surface area contributed by atoms with Gasteiger partial charge in [0, 0.05) is 5.56 Å². The number of rotatable bonds is 5. The van der Waals surface area contributed by atoms with Crippen molar-refractivity contribution in [1.29, 1.82) is 0 Å². The highest BCUT2D eigenvalue weighted by Crippen LogP contribution is 2.15. The summed E-state index contributed by atoms with van der Waals surface area (Å²) in [7, 11) is 0. The van der Waals surface area contributed by atoms with E-state index in [1.54, 1.807) is 48.5 Å². The molecule has 2 rings (SSSR count). The molecular formula is C17H17ClN2O3. The standard InChI is InChI=1S/C17H17ClN2O3/c1-2-10-23-13-7-5-6-12(11-13)16(21)19-20-17(22)14-8-3-4-9-15(14)18/h3-9,11H,2,10H2,1H3,(H,19,21)(H,20,22). The Morgan fingerprint density at radius 2 is 1.78 bits per heavy atom. The van der Waals surface area contributed by atoms with Crippen LogP contribution in [0, 0.1) is 0 Å². The molecular weight excluding hydrogens is 316 g/mol. The van der Waals surface area contributed by atoms with Crippen LogP contribution in [-0.2, 0) is 0 Å². The summed E-state index contributed by atoms with van der Waals surface area (Å²) in [6, 6.07) is 13.3. The van der Waals surface area contributed by atoms with Crippen molar-refractivity contribution in [3.05, 3.63) is 64.7 Å². The number of benzene rings is 2. The molecule has 0 spiro atoms. The molecule has 2 aromatic rings. The molecule has 0 heterocycles. The molecule has 0 atom stereocenters. The van der Waals surface area contributed by atoms with Gasteiger partial charge in [0.2, 0.25) is 0 Å². The van der Waals surface area contributed by atoms with Gasteiger partial charge in [-0.25, -0.2) is 0 Å². The van der Waals surface area contributed by atoms with E-state index in [4.69, 9.17) is 16.3 Å². The molecule has 0 saturated carbocycles. The van der Waals surface area contributed by atoms with Gasteiger partial charge in [0.1, 0.15) is 5.75 Å². The van der Waals surface area contributed by atoms with Crippen molar-refractivity contribution in [2.45, 2.75) is 13.3 Å². The Morgan fingerprint density at radius 3 is 2.52 bits per heavy atom. The number of ether oxygens (including phenoxy) is 1. The lowest BCUT2D eigenvalue weighted by atomic mass is 10.2. The first-order valence-corrected chi connectivity index (χ1v) is 7.57. The molecule has 0 aromatic heterocycles. The number of nitrogens with one attached hydrogen (secondary N) is 2. The first-order valence-electron chi connectivity index (χ1n) is 7.20. The molecule has 2 amide bonds. The highest BCUT2D eigenvalue weighted by atomic mass is 35.5. The molecule has 0 radical (unpaired) electrons. The molecule has 0 aliphatic heterocycles. The Bertz CT molecular complexity index is 704. The van der Waals surface area contributed by atoms with Crippen LogP contribution in [0.25, 0.3) is 0 Å². The average molecular weight is 333 g/mol. The van der Waals surface area contributed by atoms with Gasteiger partial charge >= 0.3 is 0 Å². The van der Waals surface area contributed by atoms with Gasteiger partial charge in [-0.2, -0.15) is 0 Å². The second-order valence-corrected chi connectivity index (χ2v) is 5.17. The third kappa shape index (κ3) is 4.72. The van der Waals surface area contributed by atoms with Gasteiger partial charge in [-0.15, -0.1) is 0 Å². The van der Waals surface area contributed by atoms with E-state index < -0.39 is 11.8 Å². The van der Waals surface area contributed by atoms with Crippen molar-refractivity contribution in [3.63, 3.8) is 0 Å². The lowest BCUT2D eigenvalue weighted by Crippen LogP contribution is -2.41. The second-order valence-electron chi connectivity index (χ2n) is 4.76. The van der Waals surface area contributed by atoms with Crippen LogP contribution < -0.4 is 15.6 Å². The number of amides is 2. The van der Waals surface area contributed by atoms with Crippen molar-refractivity contribution in [2.75, 3.05) is 6.61 Å². The zero-order valence-corrected chi connectivity index (χ0v) is 13.4. The topological polar surface area (TPSA) is 67.4 Å². The lowest BCUT2D eigenvalue weighted by molar-refractivity contribution is 0.0846. The Balaban J connectivity index is 1.97. The fourth-order valence-corrected chi connectivity index (χ4v) is 2.07. The molecule has 120 valence electrons. The minimum absolute atomic E-state index is 0.287. The minimum Gasteiger partial charge on any atom is -0.494 e. The first-order chi connectivity index (χ1) is 11.1.